The number of hydrogen-bond donors (Lipinski definition) is 1. The third kappa shape index (κ3) is 2.99. The van der Waals surface area contributed by atoms with E-state index >= 15 is 8.78 Å². The van der Waals surface area contributed by atoms with Gasteiger partial charge in [-0.1, -0.05) is 6.92 Å². The van der Waals surface area contributed by atoms with Crippen LogP contribution in [-0.4, -0.2) is 28.1 Å². The molecule has 1 N–H and O–H groups in total. The standard InChI is InChI=1S/C22H22F2N3O2P/c1-12(30)4-7-29-14-9-15(23)19(16(24)10-14)20-22(5-6-22)21(28)27(20)13-2-3-17-18(8-13)26-11-25-17/h2-3,8-12,20H,4-7,30H2,1H3,(H,25,26)/t12?,20-/m0/s1. The number of carbonyl (C=O) groups excluding carboxylic acids is 1. The Kier molecular flexibility index (Phi) is 4.55. The van der Waals surface area contributed by atoms with E-state index < -0.39 is 23.1 Å². The second kappa shape index (κ2) is 7.02. The number of nitrogens with zero attached hydrogens (tertiary/aromatic N) is 2. The lowest BCUT2D eigenvalue weighted by Crippen LogP contribution is -2.57. The minimum atomic E-state index is -0.693. The number of carbonyl (C=O) groups is 1. The number of imidazole rings is 1. The number of amides is 1. The second-order valence-electron chi connectivity index (χ2n) is 8.25. The van der Waals surface area contributed by atoms with Crippen LogP contribution in [0.5, 0.6) is 5.75 Å². The Hall–Kier alpha value is -2.53. The molecule has 5 nitrogen and oxygen atoms in total. The molecular formula is C22H22F2N3O2P. The highest BCUT2D eigenvalue weighted by molar-refractivity contribution is 7.17. The number of anilines is 1. The molecule has 3 aromatic rings. The summed E-state index contributed by atoms with van der Waals surface area (Å²) < 4.78 is 35.7. The summed E-state index contributed by atoms with van der Waals surface area (Å²) in [7, 11) is 2.66. The summed E-state index contributed by atoms with van der Waals surface area (Å²) in [6.07, 6.45) is 3.62. The number of ether oxygens (including phenoxy) is 1. The van der Waals surface area contributed by atoms with E-state index in [0.717, 1.165) is 17.5 Å². The van der Waals surface area contributed by atoms with Crippen molar-refractivity contribution in [2.45, 2.75) is 37.9 Å². The third-order valence-electron chi connectivity index (χ3n) is 6.06. The molecule has 2 aliphatic rings. The normalized spacial score (nSPS) is 20.5. The Bertz CT molecular complexity index is 1120. The van der Waals surface area contributed by atoms with Gasteiger partial charge in [-0.15, -0.1) is 9.24 Å². The highest BCUT2D eigenvalue weighted by Crippen LogP contribution is 2.67. The maximum atomic E-state index is 15.1. The molecule has 1 aliphatic heterocycles. The van der Waals surface area contributed by atoms with Crippen LogP contribution in [0.25, 0.3) is 11.0 Å². The molecule has 30 heavy (non-hydrogen) atoms. The largest absolute Gasteiger partial charge is 0.493 e. The van der Waals surface area contributed by atoms with Crippen LogP contribution < -0.4 is 9.64 Å². The van der Waals surface area contributed by atoms with Crippen LogP contribution in [-0.2, 0) is 4.79 Å². The summed E-state index contributed by atoms with van der Waals surface area (Å²) in [6.45, 7) is 2.40. The Morgan fingerprint density at radius 1 is 1.30 bits per heavy atom. The molecule has 0 radical (unpaired) electrons. The Morgan fingerprint density at radius 3 is 2.70 bits per heavy atom. The fraction of sp³-hybridized carbons (Fsp3) is 0.364. The van der Waals surface area contributed by atoms with Crippen molar-refractivity contribution in [3.05, 3.63) is 53.9 Å². The van der Waals surface area contributed by atoms with Crippen LogP contribution in [0.2, 0.25) is 0 Å². The van der Waals surface area contributed by atoms with E-state index in [0.29, 0.717) is 30.8 Å². The average Bonchev–Trinajstić information content (AvgIpc) is 3.40. The van der Waals surface area contributed by atoms with E-state index in [1.165, 1.54) is 17.0 Å². The summed E-state index contributed by atoms with van der Waals surface area (Å²) >= 11 is 0. The lowest BCUT2D eigenvalue weighted by atomic mass is 9.78. The van der Waals surface area contributed by atoms with Crippen LogP contribution in [0.4, 0.5) is 14.5 Å². The smallest absolute Gasteiger partial charge is 0.236 e. The number of aromatic nitrogens is 2. The van der Waals surface area contributed by atoms with Crippen molar-refractivity contribution in [2.75, 3.05) is 11.5 Å². The summed E-state index contributed by atoms with van der Waals surface area (Å²) in [6, 6.07) is 7.13. The minimum Gasteiger partial charge on any atom is -0.493 e. The van der Waals surface area contributed by atoms with Gasteiger partial charge in [-0.05, 0) is 43.1 Å². The molecule has 2 fully saturated rings. The van der Waals surface area contributed by atoms with Crippen molar-refractivity contribution in [1.29, 1.82) is 0 Å². The Labute approximate surface area is 175 Å². The number of rotatable bonds is 6. The predicted octanol–water partition coefficient (Wildman–Crippen LogP) is 4.74. The summed E-state index contributed by atoms with van der Waals surface area (Å²) in [5, 5.41) is 0. The molecule has 1 amide bonds. The van der Waals surface area contributed by atoms with Crippen LogP contribution in [0, 0.1) is 17.0 Å². The van der Waals surface area contributed by atoms with Gasteiger partial charge in [0.05, 0.1) is 35.4 Å². The molecule has 156 valence electrons. The predicted molar refractivity (Wildman–Crippen MR) is 114 cm³/mol. The van der Waals surface area contributed by atoms with Crippen molar-refractivity contribution in [3.8, 4) is 5.75 Å². The molecule has 8 heteroatoms. The number of nitrogens with one attached hydrogen (secondary N) is 1. The van der Waals surface area contributed by atoms with E-state index in [2.05, 4.69) is 19.2 Å². The number of halogens is 2. The molecular weight excluding hydrogens is 407 g/mol. The number of H-pyrrole nitrogens is 1. The zero-order valence-electron chi connectivity index (χ0n) is 16.5. The first kappa shape index (κ1) is 19.4. The maximum absolute atomic E-state index is 15.1. The molecule has 2 unspecified atom stereocenters. The van der Waals surface area contributed by atoms with E-state index in [1.807, 2.05) is 6.92 Å². The van der Waals surface area contributed by atoms with Crippen molar-refractivity contribution >= 4 is 31.9 Å². The third-order valence-corrected chi connectivity index (χ3v) is 6.40. The van der Waals surface area contributed by atoms with Crippen molar-refractivity contribution in [2.24, 2.45) is 5.41 Å². The molecule has 2 heterocycles. The van der Waals surface area contributed by atoms with Gasteiger partial charge in [-0.25, -0.2) is 13.8 Å². The van der Waals surface area contributed by atoms with E-state index in [1.54, 1.807) is 24.5 Å². The number of fused-ring (bicyclic) bond motifs is 1. The first-order valence-corrected chi connectivity index (χ1v) is 10.7. The fourth-order valence-electron chi connectivity index (χ4n) is 4.29. The van der Waals surface area contributed by atoms with Crippen LogP contribution >= 0.6 is 9.24 Å². The first-order valence-electron chi connectivity index (χ1n) is 10.0. The lowest BCUT2D eigenvalue weighted by Gasteiger charge is -2.48. The molecule has 1 spiro atoms. The zero-order valence-corrected chi connectivity index (χ0v) is 17.6. The van der Waals surface area contributed by atoms with Crippen LogP contribution in [0.3, 0.4) is 0 Å². The van der Waals surface area contributed by atoms with Gasteiger partial charge < -0.3 is 14.6 Å². The van der Waals surface area contributed by atoms with Gasteiger partial charge in [0.1, 0.15) is 17.4 Å². The van der Waals surface area contributed by atoms with E-state index in [-0.39, 0.29) is 17.2 Å². The molecule has 1 saturated carbocycles. The number of aromatic amines is 1. The molecule has 0 bridgehead atoms. The van der Waals surface area contributed by atoms with Crippen LogP contribution in [0.1, 0.15) is 37.8 Å². The number of hydrogen-bond acceptors (Lipinski definition) is 3. The van der Waals surface area contributed by atoms with Crippen molar-refractivity contribution < 1.29 is 18.3 Å². The second-order valence-corrected chi connectivity index (χ2v) is 9.39. The SMILES string of the molecule is CC(P)CCOc1cc(F)c([C@@H]2N(c3ccc4nc[nH]c4c3)C(=O)C23CC3)c(F)c1. The van der Waals surface area contributed by atoms with Gasteiger partial charge in [0.25, 0.3) is 0 Å². The van der Waals surface area contributed by atoms with Gasteiger partial charge in [0.2, 0.25) is 5.91 Å². The van der Waals surface area contributed by atoms with Gasteiger partial charge in [-0.3, -0.25) is 4.79 Å². The average molecular weight is 429 g/mol. The van der Waals surface area contributed by atoms with Crippen LogP contribution in [0.15, 0.2) is 36.7 Å². The zero-order chi connectivity index (χ0) is 21.0. The Morgan fingerprint density at radius 2 is 2.03 bits per heavy atom. The maximum Gasteiger partial charge on any atom is 0.236 e. The first-order chi connectivity index (χ1) is 14.4. The minimum absolute atomic E-state index is 0.0661. The van der Waals surface area contributed by atoms with Crippen molar-refractivity contribution in [3.63, 3.8) is 0 Å². The summed E-state index contributed by atoms with van der Waals surface area (Å²) in [5.41, 5.74) is 1.74. The molecule has 5 rings (SSSR count). The molecule has 1 aliphatic carbocycles. The molecule has 1 saturated heterocycles. The Balaban J connectivity index is 1.49. The van der Waals surface area contributed by atoms with Gasteiger partial charge in [0.15, 0.2) is 0 Å². The van der Waals surface area contributed by atoms with Gasteiger partial charge in [0, 0.05) is 23.4 Å². The van der Waals surface area contributed by atoms with E-state index in [4.69, 9.17) is 4.74 Å². The lowest BCUT2D eigenvalue weighted by molar-refractivity contribution is -0.132. The molecule has 1 aromatic heterocycles. The quantitative estimate of drug-likeness (QED) is 0.455. The van der Waals surface area contributed by atoms with Gasteiger partial charge in [-0.2, -0.15) is 0 Å². The monoisotopic (exact) mass is 429 g/mol. The van der Waals surface area contributed by atoms with E-state index in [9.17, 15) is 4.79 Å². The fourth-order valence-corrected chi connectivity index (χ4v) is 4.43. The molecule has 2 aromatic carbocycles. The number of β-lactam (4-membered cyclic amide) rings is 1. The number of benzene rings is 2. The summed E-state index contributed by atoms with van der Waals surface area (Å²) in [5.74, 6) is -1.28. The van der Waals surface area contributed by atoms with Gasteiger partial charge >= 0.3 is 0 Å². The summed E-state index contributed by atoms with van der Waals surface area (Å²) in [4.78, 5) is 21.6. The molecule has 3 atom stereocenters. The highest BCUT2D eigenvalue weighted by atomic mass is 31.0. The van der Waals surface area contributed by atoms with Crippen molar-refractivity contribution in [1.82, 2.24) is 9.97 Å². The highest BCUT2D eigenvalue weighted by Gasteiger charge is 2.69. The topological polar surface area (TPSA) is 58.2 Å².